The van der Waals surface area contributed by atoms with Gasteiger partial charge in [0.25, 0.3) is 0 Å². The standard InChI is InChI=1S/C15H14N4O2/c20-15(21)13-14(18-12-6-2-4-10-19(12)13)17-9-7-11-5-1-3-8-16-11/h1-6,8,10,17H,7,9H2,(H,20,21). The number of rotatable bonds is 5. The van der Waals surface area contributed by atoms with Crippen molar-refractivity contribution in [1.29, 1.82) is 0 Å². The molecule has 3 rings (SSSR count). The molecule has 0 spiro atoms. The average Bonchev–Trinajstić information content (AvgIpc) is 2.86. The Hall–Kier alpha value is -2.89. The van der Waals surface area contributed by atoms with Gasteiger partial charge in [-0.15, -0.1) is 0 Å². The number of fused-ring (bicyclic) bond motifs is 1. The van der Waals surface area contributed by atoms with Gasteiger partial charge in [0.1, 0.15) is 5.65 Å². The lowest BCUT2D eigenvalue weighted by atomic mass is 10.2. The maximum Gasteiger partial charge on any atom is 0.356 e. The molecule has 106 valence electrons. The number of aromatic carboxylic acids is 1. The molecule has 0 aliphatic heterocycles. The lowest BCUT2D eigenvalue weighted by Gasteiger charge is -2.04. The molecule has 6 heteroatoms. The molecule has 3 heterocycles. The van der Waals surface area contributed by atoms with Crippen LogP contribution in [0.5, 0.6) is 0 Å². The minimum Gasteiger partial charge on any atom is -0.476 e. The second kappa shape index (κ2) is 5.62. The SMILES string of the molecule is O=C(O)c1c(NCCc2ccccn2)nc2ccccn12. The molecule has 0 amide bonds. The topological polar surface area (TPSA) is 79.5 Å². The summed E-state index contributed by atoms with van der Waals surface area (Å²) in [5.41, 5.74) is 1.70. The smallest absolute Gasteiger partial charge is 0.356 e. The Labute approximate surface area is 121 Å². The molecule has 0 unspecified atom stereocenters. The first kappa shape index (κ1) is 13.1. The van der Waals surface area contributed by atoms with Crippen molar-refractivity contribution < 1.29 is 9.90 Å². The van der Waals surface area contributed by atoms with Crippen LogP contribution >= 0.6 is 0 Å². The van der Waals surface area contributed by atoms with Crippen molar-refractivity contribution in [1.82, 2.24) is 14.4 Å². The minimum atomic E-state index is -1.01. The molecule has 0 aliphatic carbocycles. The number of imidazole rings is 1. The predicted octanol–water partition coefficient (Wildman–Crippen LogP) is 2.08. The molecule has 0 atom stereocenters. The van der Waals surface area contributed by atoms with E-state index in [0.717, 1.165) is 5.69 Å². The highest BCUT2D eigenvalue weighted by Crippen LogP contribution is 2.17. The third kappa shape index (κ3) is 2.69. The second-order valence-electron chi connectivity index (χ2n) is 4.54. The Balaban J connectivity index is 1.80. The largest absolute Gasteiger partial charge is 0.476 e. The van der Waals surface area contributed by atoms with Crippen molar-refractivity contribution in [3.8, 4) is 0 Å². The third-order valence-electron chi connectivity index (χ3n) is 3.13. The molecule has 0 bridgehead atoms. The van der Waals surface area contributed by atoms with E-state index < -0.39 is 5.97 Å². The summed E-state index contributed by atoms with van der Waals surface area (Å²) >= 11 is 0. The summed E-state index contributed by atoms with van der Waals surface area (Å²) in [6, 6.07) is 11.1. The minimum absolute atomic E-state index is 0.145. The van der Waals surface area contributed by atoms with E-state index in [1.807, 2.05) is 24.3 Å². The first-order chi connectivity index (χ1) is 10.3. The van der Waals surface area contributed by atoms with Gasteiger partial charge in [0, 0.05) is 31.1 Å². The Morgan fingerprint density at radius 1 is 1.24 bits per heavy atom. The first-order valence-electron chi connectivity index (χ1n) is 6.60. The van der Waals surface area contributed by atoms with Gasteiger partial charge in [0.05, 0.1) is 0 Å². The third-order valence-corrected chi connectivity index (χ3v) is 3.13. The van der Waals surface area contributed by atoms with Crippen LogP contribution in [-0.4, -0.2) is 32.0 Å². The molecule has 0 saturated heterocycles. The number of aromatic nitrogens is 3. The lowest BCUT2D eigenvalue weighted by Crippen LogP contribution is -2.11. The summed E-state index contributed by atoms with van der Waals surface area (Å²) in [6.45, 7) is 0.571. The maximum absolute atomic E-state index is 11.4. The van der Waals surface area contributed by atoms with Crippen molar-refractivity contribution in [2.45, 2.75) is 6.42 Å². The zero-order valence-corrected chi connectivity index (χ0v) is 11.2. The number of nitrogens with zero attached hydrogens (tertiary/aromatic N) is 3. The van der Waals surface area contributed by atoms with Crippen LogP contribution in [0.15, 0.2) is 48.8 Å². The van der Waals surface area contributed by atoms with Crippen LogP contribution in [0.1, 0.15) is 16.2 Å². The van der Waals surface area contributed by atoms with Crippen LogP contribution in [0.2, 0.25) is 0 Å². The number of anilines is 1. The van der Waals surface area contributed by atoms with Gasteiger partial charge in [0.15, 0.2) is 11.5 Å². The number of hydrogen-bond donors (Lipinski definition) is 2. The fraction of sp³-hybridized carbons (Fsp3) is 0.133. The number of carboxylic acid groups (broad SMARTS) is 1. The van der Waals surface area contributed by atoms with Crippen LogP contribution < -0.4 is 5.32 Å². The van der Waals surface area contributed by atoms with E-state index in [2.05, 4.69) is 15.3 Å². The molecule has 6 nitrogen and oxygen atoms in total. The van der Waals surface area contributed by atoms with Gasteiger partial charge in [-0.25, -0.2) is 9.78 Å². The molecule has 2 N–H and O–H groups in total. The summed E-state index contributed by atoms with van der Waals surface area (Å²) in [5, 5.41) is 12.4. The molecular weight excluding hydrogens is 268 g/mol. The van der Waals surface area contributed by atoms with E-state index in [-0.39, 0.29) is 5.69 Å². The molecule has 3 aromatic heterocycles. The summed E-state index contributed by atoms with van der Waals surface area (Å²) in [6.07, 6.45) is 4.13. The van der Waals surface area contributed by atoms with Gasteiger partial charge < -0.3 is 10.4 Å². The van der Waals surface area contributed by atoms with Crippen LogP contribution in [0, 0.1) is 0 Å². The molecule has 0 radical (unpaired) electrons. The molecule has 21 heavy (non-hydrogen) atoms. The van der Waals surface area contributed by atoms with E-state index in [1.165, 1.54) is 0 Å². The monoisotopic (exact) mass is 282 g/mol. The van der Waals surface area contributed by atoms with Gasteiger partial charge in [-0.2, -0.15) is 0 Å². The number of nitrogens with one attached hydrogen (secondary N) is 1. The van der Waals surface area contributed by atoms with Crippen molar-refractivity contribution in [3.05, 3.63) is 60.2 Å². The number of pyridine rings is 2. The van der Waals surface area contributed by atoms with Gasteiger partial charge >= 0.3 is 5.97 Å². The molecular formula is C15H14N4O2. The summed E-state index contributed by atoms with van der Waals surface area (Å²) in [7, 11) is 0. The van der Waals surface area contributed by atoms with Gasteiger partial charge in [-0.1, -0.05) is 12.1 Å². The zero-order valence-electron chi connectivity index (χ0n) is 11.2. The van der Waals surface area contributed by atoms with E-state index in [9.17, 15) is 9.90 Å². The summed E-state index contributed by atoms with van der Waals surface area (Å²) < 4.78 is 1.56. The number of hydrogen-bond acceptors (Lipinski definition) is 4. The van der Waals surface area contributed by atoms with Gasteiger partial charge in [-0.05, 0) is 24.3 Å². The highest BCUT2D eigenvalue weighted by Gasteiger charge is 2.17. The average molecular weight is 282 g/mol. The fourth-order valence-corrected chi connectivity index (χ4v) is 2.18. The maximum atomic E-state index is 11.4. The van der Waals surface area contributed by atoms with Crippen molar-refractivity contribution in [2.75, 3.05) is 11.9 Å². The van der Waals surface area contributed by atoms with Crippen LogP contribution in [-0.2, 0) is 6.42 Å². The van der Waals surface area contributed by atoms with Crippen molar-refractivity contribution in [2.24, 2.45) is 0 Å². The molecule has 0 aliphatic rings. The molecule has 0 fully saturated rings. The molecule has 3 aromatic rings. The quantitative estimate of drug-likeness (QED) is 0.749. The van der Waals surface area contributed by atoms with Crippen molar-refractivity contribution in [3.63, 3.8) is 0 Å². The Bertz CT molecular complexity index is 768. The molecule has 0 aromatic carbocycles. The Morgan fingerprint density at radius 3 is 2.86 bits per heavy atom. The fourth-order valence-electron chi connectivity index (χ4n) is 2.18. The lowest BCUT2D eigenvalue weighted by molar-refractivity contribution is 0.0690. The van der Waals surface area contributed by atoms with Crippen LogP contribution in [0.25, 0.3) is 5.65 Å². The highest BCUT2D eigenvalue weighted by molar-refractivity contribution is 5.92. The van der Waals surface area contributed by atoms with Crippen molar-refractivity contribution >= 4 is 17.4 Å². The van der Waals surface area contributed by atoms with Gasteiger partial charge in [-0.3, -0.25) is 9.38 Å². The summed E-state index contributed by atoms with van der Waals surface area (Å²) in [4.78, 5) is 20.0. The predicted molar refractivity (Wildman–Crippen MR) is 78.6 cm³/mol. The number of carboxylic acids is 1. The van der Waals surface area contributed by atoms with E-state index in [0.29, 0.717) is 24.4 Å². The van der Waals surface area contributed by atoms with Crippen LogP contribution in [0.4, 0.5) is 5.82 Å². The van der Waals surface area contributed by atoms with E-state index in [1.54, 1.807) is 28.9 Å². The first-order valence-corrected chi connectivity index (χ1v) is 6.60. The second-order valence-corrected chi connectivity index (χ2v) is 4.54. The summed E-state index contributed by atoms with van der Waals surface area (Å²) in [5.74, 6) is -0.626. The Morgan fingerprint density at radius 2 is 2.10 bits per heavy atom. The van der Waals surface area contributed by atoms with E-state index >= 15 is 0 Å². The number of carbonyl (C=O) groups is 1. The van der Waals surface area contributed by atoms with Gasteiger partial charge in [0.2, 0.25) is 0 Å². The van der Waals surface area contributed by atoms with Crippen LogP contribution in [0.3, 0.4) is 0 Å². The highest BCUT2D eigenvalue weighted by atomic mass is 16.4. The van der Waals surface area contributed by atoms with E-state index in [4.69, 9.17) is 0 Å². The zero-order chi connectivity index (χ0) is 14.7. The normalized spacial score (nSPS) is 10.7. The Kier molecular flexibility index (Phi) is 3.51. The molecule has 0 saturated carbocycles.